The minimum absolute atomic E-state index is 0.443. The Balaban J connectivity index is 1.29. The van der Waals surface area contributed by atoms with Crippen LogP contribution in [0.15, 0.2) is 53.4 Å². The summed E-state index contributed by atoms with van der Waals surface area (Å²) in [6, 6.07) is 17.0. The molecule has 1 saturated carbocycles. The Hall–Kier alpha value is -2.31. The maximum absolute atomic E-state index is 4.79. The standard InChI is InChI=1S/C24H31N5S/c1-29(2)23-21-8-3-4-9-22(21)27-24(28-23)26-19-12-10-17(11-13-19)15-25-16-18-6-5-7-20(30)14-18/h3-9,14,17,19,25,30H,10-13,15-16H2,1-2H3,(H,26,27,28)/t17-,19+. The molecule has 0 spiro atoms. The van der Waals surface area contributed by atoms with Crippen LogP contribution in [0, 0.1) is 5.92 Å². The van der Waals surface area contributed by atoms with E-state index in [1.165, 1.54) is 18.4 Å². The van der Waals surface area contributed by atoms with Crippen molar-refractivity contribution in [3.8, 4) is 0 Å². The van der Waals surface area contributed by atoms with Crippen LogP contribution in [-0.2, 0) is 6.54 Å². The Morgan fingerprint density at radius 3 is 2.57 bits per heavy atom. The molecule has 0 atom stereocenters. The number of para-hydroxylation sites is 1. The quantitative estimate of drug-likeness (QED) is 0.481. The van der Waals surface area contributed by atoms with Crippen LogP contribution < -0.4 is 15.5 Å². The van der Waals surface area contributed by atoms with E-state index in [2.05, 4.69) is 58.5 Å². The van der Waals surface area contributed by atoms with Gasteiger partial charge in [-0.1, -0.05) is 24.3 Å². The van der Waals surface area contributed by atoms with Gasteiger partial charge in [0.25, 0.3) is 0 Å². The van der Waals surface area contributed by atoms with Crippen LogP contribution in [0.2, 0.25) is 0 Å². The van der Waals surface area contributed by atoms with Gasteiger partial charge < -0.3 is 15.5 Å². The van der Waals surface area contributed by atoms with E-state index in [4.69, 9.17) is 9.97 Å². The van der Waals surface area contributed by atoms with Crippen LogP contribution >= 0.6 is 12.6 Å². The van der Waals surface area contributed by atoms with Gasteiger partial charge in [-0.25, -0.2) is 4.98 Å². The zero-order valence-electron chi connectivity index (χ0n) is 17.8. The van der Waals surface area contributed by atoms with Gasteiger partial charge in [0, 0.05) is 37.0 Å². The van der Waals surface area contributed by atoms with Crippen molar-refractivity contribution in [1.29, 1.82) is 0 Å². The maximum atomic E-state index is 4.79. The van der Waals surface area contributed by atoms with Gasteiger partial charge in [0.1, 0.15) is 5.82 Å². The average molecular weight is 422 g/mol. The lowest BCUT2D eigenvalue weighted by molar-refractivity contribution is 0.324. The molecule has 158 valence electrons. The van der Waals surface area contributed by atoms with Gasteiger partial charge in [-0.2, -0.15) is 4.98 Å². The Labute approximate surface area is 184 Å². The smallest absolute Gasteiger partial charge is 0.225 e. The number of thiol groups is 1. The first kappa shape index (κ1) is 20.9. The van der Waals surface area contributed by atoms with Gasteiger partial charge in [-0.05, 0) is 68.0 Å². The molecule has 0 radical (unpaired) electrons. The van der Waals surface area contributed by atoms with Crippen molar-refractivity contribution in [1.82, 2.24) is 15.3 Å². The average Bonchev–Trinajstić information content (AvgIpc) is 2.74. The first-order valence-electron chi connectivity index (χ1n) is 10.8. The summed E-state index contributed by atoms with van der Waals surface area (Å²) in [5.41, 5.74) is 2.28. The molecule has 4 rings (SSSR count). The second kappa shape index (κ2) is 9.67. The predicted octanol–water partition coefficient (Wildman–Crippen LogP) is 4.75. The molecule has 0 unspecified atom stereocenters. The van der Waals surface area contributed by atoms with Crippen LogP contribution in [0.3, 0.4) is 0 Å². The van der Waals surface area contributed by atoms with Gasteiger partial charge in [0.2, 0.25) is 5.95 Å². The topological polar surface area (TPSA) is 53.1 Å². The molecule has 0 saturated heterocycles. The molecule has 3 aromatic rings. The predicted molar refractivity (Wildman–Crippen MR) is 129 cm³/mol. The summed E-state index contributed by atoms with van der Waals surface area (Å²) in [5, 5.41) is 8.31. The third kappa shape index (κ3) is 5.24. The van der Waals surface area contributed by atoms with E-state index in [1.807, 2.05) is 32.3 Å². The largest absolute Gasteiger partial charge is 0.362 e. The summed E-state index contributed by atoms with van der Waals surface area (Å²) in [6.45, 7) is 1.98. The molecule has 2 N–H and O–H groups in total. The number of hydrogen-bond donors (Lipinski definition) is 3. The molecule has 1 heterocycles. The highest BCUT2D eigenvalue weighted by Gasteiger charge is 2.22. The lowest BCUT2D eigenvalue weighted by atomic mass is 9.86. The summed E-state index contributed by atoms with van der Waals surface area (Å²) in [4.78, 5) is 12.6. The molecule has 0 amide bonds. The van der Waals surface area contributed by atoms with Gasteiger partial charge in [0.05, 0.1) is 5.52 Å². The number of aromatic nitrogens is 2. The summed E-state index contributed by atoms with van der Waals surface area (Å²) in [6.07, 6.45) is 4.77. The third-order valence-corrected chi connectivity index (χ3v) is 6.14. The fraction of sp³-hybridized carbons (Fsp3) is 0.417. The molecule has 1 aromatic heterocycles. The Morgan fingerprint density at radius 1 is 1.00 bits per heavy atom. The van der Waals surface area contributed by atoms with Crippen LogP contribution in [-0.4, -0.2) is 36.6 Å². The molecule has 5 nitrogen and oxygen atoms in total. The van der Waals surface area contributed by atoms with Crippen molar-refractivity contribution in [3.05, 3.63) is 54.1 Å². The van der Waals surface area contributed by atoms with Crippen molar-refractivity contribution in [2.75, 3.05) is 30.9 Å². The Bertz CT molecular complexity index is 982. The van der Waals surface area contributed by atoms with Gasteiger partial charge in [-0.15, -0.1) is 12.6 Å². The number of benzene rings is 2. The SMILES string of the molecule is CN(C)c1nc(N[C@H]2CC[C@@H](CNCc3cccc(S)c3)CC2)nc2ccccc12. The first-order valence-corrected chi connectivity index (χ1v) is 11.2. The minimum Gasteiger partial charge on any atom is -0.362 e. The normalized spacial score (nSPS) is 19.0. The van der Waals surface area contributed by atoms with E-state index >= 15 is 0 Å². The highest BCUT2D eigenvalue weighted by molar-refractivity contribution is 7.80. The van der Waals surface area contributed by atoms with Crippen molar-refractivity contribution in [3.63, 3.8) is 0 Å². The molecule has 1 fully saturated rings. The summed E-state index contributed by atoms with van der Waals surface area (Å²) < 4.78 is 0. The number of rotatable bonds is 7. The fourth-order valence-corrected chi connectivity index (χ4v) is 4.50. The number of hydrogen-bond acceptors (Lipinski definition) is 6. The number of anilines is 2. The monoisotopic (exact) mass is 421 g/mol. The van der Waals surface area contributed by atoms with E-state index in [0.29, 0.717) is 6.04 Å². The van der Waals surface area contributed by atoms with Crippen molar-refractivity contribution in [2.24, 2.45) is 5.92 Å². The summed E-state index contributed by atoms with van der Waals surface area (Å²) in [7, 11) is 4.06. The van der Waals surface area contributed by atoms with E-state index in [1.54, 1.807) is 0 Å². The number of nitrogens with one attached hydrogen (secondary N) is 2. The Kier molecular flexibility index (Phi) is 6.75. The molecule has 6 heteroatoms. The van der Waals surface area contributed by atoms with E-state index in [9.17, 15) is 0 Å². The van der Waals surface area contributed by atoms with Crippen molar-refractivity contribution >= 4 is 35.3 Å². The van der Waals surface area contributed by atoms with Gasteiger partial charge >= 0.3 is 0 Å². The van der Waals surface area contributed by atoms with Crippen molar-refractivity contribution in [2.45, 2.75) is 43.2 Å². The van der Waals surface area contributed by atoms with E-state index in [-0.39, 0.29) is 0 Å². The first-order chi connectivity index (χ1) is 14.6. The van der Waals surface area contributed by atoms with Gasteiger partial charge in [0.15, 0.2) is 0 Å². The highest BCUT2D eigenvalue weighted by atomic mass is 32.1. The maximum Gasteiger partial charge on any atom is 0.225 e. The third-order valence-electron chi connectivity index (χ3n) is 5.86. The van der Waals surface area contributed by atoms with Gasteiger partial charge in [-0.3, -0.25) is 0 Å². The molecule has 1 aliphatic rings. The molecule has 0 aliphatic heterocycles. The number of nitrogens with zero attached hydrogens (tertiary/aromatic N) is 3. The minimum atomic E-state index is 0.443. The summed E-state index contributed by atoms with van der Waals surface area (Å²) >= 11 is 4.42. The molecule has 30 heavy (non-hydrogen) atoms. The molecular formula is C24H31N5S. The second-order valence-electron chi connectivity index (χ2n) is 8.45. The van der Waals surface area contributed by atoms with E-state index in [0.717, 1.165) is 59.4 Å². The zero-order valence-corrected chi connectivity index (χ0v) is 18.7. The van der Waals surface area contributed by atoms with Crippen LogP contribution in [0.5, 0.6) is 0 Å². The van der Waals surface area contributed by atoms with Crippen LogP contribution in [0.25, 0.3) is 10.9 Å². The van der Waals surface area contributed by atoms with Crippen LogP contribution in [0.1, 0.15) is 31.2 Å². The fourth-order valence-electron chi connectivity index (χ4n) is 4.25. The molecule has 0 bridgehead atoms. The zero-order chi connectivity index (χ0) is 20.9. The molecule has 2 aromatic carbocycles. The molecule has 1 aliphatic carbocycles. The second-order valence-corrected chi connectivity index (χ2v) is 8.96. The summed E-state index contributed by atoms with van der Waals surface area (Å²) in [5.74, 6) is 2.44. The Morgan fingerprint density at radius 2 is 1.80 bits per heavy atom. The van der Waals surface area contributed by atoms with Crippen molar-refractivity contribution < 1.29 is 0 Å². The van der Waals surface area contributed by atoms with Crippen LogP contribution in [0.4, 0.5) is 11.8 Å². The number of fused-ring (bicyclic) bond motifs is 1. The van der Waals surface area contributed by atoms with E-state index < -0.39 is 0 Å². The lowest BCUT2D eigenvalue weighted by Crippen LogP contribution is -2.31. The lowest BCUT2D eigenvalue weighted by Gasteiger charge is -2.29. The highest BCUT2D eigenvalue weighted by Crippen LogP contribution is 2.28. The molecular weight excluding hydrogens is 390 g/mol.